The molecule has 8 heteroatoms. The van der Waals surface area contributed by atoms with Gasteiger partial charge in [-0.2, -0.15) is 4.98 Å². The molecule has 1 amide bonds. The predicted octanol–water partition coefficient (Wildman–Crippen LogP) is 3.89. The Morgan fingerprint density at radius 1 is 1.03 bits per heavy atom. The summed E-state index contributed by atoms with van der Waals surface area (Å²) in [6, 6.07) is 19.0. The van der Waals surface area contributed by atoms with Crippen LogP contribution in [0.3, 0.4) is 0 Å². The normalized spacial score (nSPS) is 15.2. The molecule has 1 aliphatic heterocycles. The lowest BCUT2D eigenvalue weighted by molar-refractivity contribution is -0.115. The molecular formula is C25H23N5O3. The first-order chi connectivity index (χ1) is 16.0. The molecule has 1 unspecified atom stereocenters. The molecule has 166 valence electrons. The summed E-state index contributed by atoms with van der Waals surface area (Å²) in [6.07, 6.45) is 0. The Balaban J connectivity index is 1.70. The van der Waals surface area contributed by atoms with E-state index in [-0.39, 0.29) is 0 Å². The molecule has 3 aromatic carbocycles. The molecule has 0 saturated heterocycles. The Morgan fingerprint density at radius 2 is 1.79 bits per heavy atom. The number of methoxy groups -OCH3 is 2. The van der Waals surface area contributed by atoms with E-state index in [0.29, 0.717) is 34.5 Å². The molecule has 5 rings (SSSR count). The predicted molar refractivity (Wildman–Crippen MR) is 126 cm³/mol. The van der Waals surface area contributed by atoms with Crippen molar-refractivity contribution >= 4 is 22.6 Å². The topological polar surface area (TPSA) is 104 Å². The van der Waals surface area contributed by atoms with Gasteiger partial charge < -0.3 is 20.5 Å². The van der Waals surface area contributed by atoms with Crippen LogP contribution in [0.15, 0.2) is 71.9 Å². The molecule has 0 saturated carbocycles. The molecule has 8 nitrogen and oxygen atoms in total. The number of fused-ring (bicyclic) bond motifs is 2. The lowest BCUT2D eigenvalue weighted by Crippen LogP contribution is -2.31. The lowest BCUT2D eigenvalue weighted by atomic mass is 9.95. The number of benzene rings is 3. The quantitative estimate of drug-likeness (QED) is 0.487. The van der Waals surface area contributed by atoms with Crippen LogP contribution in [0.4, 0.5) is 5.95 Å². The fourth-order valence-corrected chi connectivity index (χ4v) is 4.34. The Kier molecular flexibility index (Phi) is 4.97. The van der Waals surface area contributed by atoms with Crippen molar-refractivity contribution in [2.24, 2.45) is 5.73 Å². The molecule has 1 atom stereocenters. The van der Waals surface area contributed by atoms with Crippen molar-refractivity contribution in [3.63, 3.8) is 0 Å². The van der Waals surface area contributed by atoms with Crippen LogP contribution >= 0.6 is 0 Å². The minimum atomic E-state index is -0.574. The summed E-state index contributed by atoms with van der Waals surface area (Å²) < 4.78 is 12.6. The molecule has 33 heavy (non-hydrogen) atoms. The third kappa shape index (κ3) is 3.36. The molecule has 0 fully saturated rings. The standard InChI is InChI=1S/C25H23N5O3/c1-14-21(23(26)31)22(16-11-12-19(32-2)20(13-16)33-3)30-25(27-14)28-24(29-30)18-10-6-8-15-7-4-5-9-17(15)18/h4-13,22H,1-3H3,(H2,26,31)(H,27,28,29). The highest BCUT2D eigenvalue weighted by Gasteiger charge is 2.34. The average molecular weight is 441 g/mol. The van der Waals surface area contributed by atoms with Crippen LogP contribution in [0.5, 0.6) is 11.5 Å². The van der Waals surface area contributed by atoms with E-state index in [1.54, 1.807) is 25.0 Å². The number of primary amides is 1. The van der Waals surface area contributed by atoms with Gasteiger partial charge in [0, 0.05) is 11.3 Å². The van der Waals surface area contributed by atoms with E-state index in [4.69, 9.17) is 25.3 Å². The van der Waals surface area contributed by atoms with Crippen LogP contribution in [-0.2, 0) is 4.79 Å². The Labute approximate surface area is 190 Å². The average Bonchev–Trinajstić information content (AvgIpc) is 3.25. The summed E-state index contributed by atoms with van der Waals surface area (Å²) in [4.78, 5) is 17.3. The Hall–Kier alpha value is -4.33. The van der Waals surface area contributed by atoms with Crippen molar-refractivity contribution in [1.82, 2.24) is 14.8 Å². The van der Waals surface area contributed by atoms with Crippen molar-refractivity contribution in [2.45, 2.75) is 13.0 Å². The summed E-state index contributed by atoms with van der Waals surface area (Å²) in [6.45, 7) is 1.81. The number of carbonyl (C=O) groups excluding carboxylic acids is 1. The smallest absolute Gasteiger partial charge is 0.248 e. The second-order valence-electron chi connectivity index (χ2n) is 7.78. The van der Waals surface area contributed by atoms with Crippen LogP contribution in [0.2, 0.25) is 0 Å². The lowest BCUT2D eigenvalue weighted by Gasteiger charge is -2.28. The number of amides is 1. The molecule has 0 spiro atoms. The van der Waals surface area contributed by atoms with E-state index >= 15 is 0 Å². The Morgan fingerprint density at radius 3 is 2.55 bits per heavy atom. The summed E-state index contributed by atoms with van der Waals surface area (Å²) in [5.74, 6) is 1.68. The number of nitrogens with zero attached hydrogens (tertiary/aromatic N) is 3. The maximum absolute atomic E-state index is 12.5. The fraction of sp³-hybridized carbons (Fsp3) is 0.160. The van der Waals surface area contributed by atoms with Crippen molar-refractivity contribution in [3.8, 4) is 22.9 Å². The maximum Gasteiger partial charge on any atom is 0.248 e. The number of nitrogens with two attached hydrogens (primary N) is 1. The van der Waals surface area contributed by atoms with E-state index in [2.05, 4.69) is 17.4 Å². The van der Waals surface area contributed by atoms with Crippen molar-refractivity contribution < 1.29 is 14.3 Å². The summed E-state index contributed by atoms with van der Waals surface area (Å²) in [5.41, 5.74) is 8.52. The SMILES string of the molecule is COc1ccc(C2C(C(N)=O)=C(C)Nc3nc(-c4cccc5ccccc45)nn32)cc1OC. The number of nitrogens with one attached hydrogen (secondary N) is 1. The van der Waals surface area contributed by atoms with Gasteiger partial charge in [-0.25, -0.2) is 4.68 Å². The van der Waals surface area contributed by atoms with E-state index in [1.165, 1.54) is 0 Å². The van der Waals surface area contributed by atoms with E-state index in [1.807, 2.05) is 49.4 Å². The zero-order chi connectivity index (χ0) is 23.1. The van der Waals surface area contributed by atoms with Gasteiger partial charge in [-0.3, -0.25) is 4.79 Å². The van der Waals surface area contributed by atoms with Gasteiger partial charge >= 0.3 is 0 Å². The summed E-state index contributed by atoms with van der Waals surface area (Å²) in [7, 11) is 3.15. The van der Waals surface area contributed by atoms with Crippen molar-refractivity contribution in [1.29, 1.82) is 0 Å². The number of rotatable bonds is 5. The van der Waals surface area contributed by atoms with Crippen molar-refractivity contribution in [3.05, 3.63) is 77.5 Å². The maximum atomic E-state index is 12.5. The molecule has 4 aromatic rings. The van der Waals surface area contributed by atoms with Crippen molar-refractivity contribution in [2.75, 3.05) is 19.5 Å². The Bertz CT molecular complexity index is 1420. The highest BCUT2D eigenvalue weighted by molar-refractivity contribution is 5.96. The van der Waals surface area contributed by atoms with E-state index in [9.17, 15) is 4.79 Å². The molecule has 0 radical (unpaired) electrons. The zero-order valence-corrected chi connectivity index (χ0v) is 18.5. The molecular weight excluding hydrogens is 418 g/mol. The number of aromatic nitrogens is 3. The van der Waals surface area contributed by atoms with Gasteiger partial charge in [-0.05, 0) is 35.4 Å². The van der Waals surface area contributed by atoms with Gasteiger partial charge in [0.2, 0.25) is 11.9 Å². The number of hydrogen-bond acceptors (Lipinski definition) is 6. The van der Waals surface area contributed by atoms with Crippen LogP contribution in [-0.4, -0.2) is 34.9 Å². The highest BCUT2D eigenvalue weighted by Crippen LogP contribution is 2.39. The van der Waals surface area contributed by atoms with Gasteiger partial charge in [0.25, 0.3) is 0 Å². The van der Waals surface area contributed by atoms with Crippen LogP contribution in [0, 0.1) is 0 Å². The zero-order valence-electron chi connectivity index (χ0n) is 18.5. The fourth-order valence-electron chi connectivity index (χ4n) is 4.34. The largest absolute Gasteiger partial charge is 0.493 e. The monoisotopic (exact) mass is 441 g/mol. The van der Waals surface area contributed by atoms with Crippen LogP contribution < -0.4 is 20.5 Å². The molecule has 1 aromatic heterocycles. The molecule has 0 aliphatic carbocycles. The van der Waals surface area contributed by atoms with E-state index < -0.39 is 11.9 Å². The number of hydrogen-bond donors (Lipinski definition) is 2. The minimum absolute atomic E-state index is 0.407. The van der Waals surface area contributed by atoms with Crippen LogP contribution in [0.1, 0.15) is 18.5 Å². The minimum Gasteiger partial charge on any atom is -0.493 e. The molecule has 2 heterocycles. The number of allylic oxidation sites excluding steroid dienone is 1. The van der Waals surface area contributed by atoms with Gasteiger partial charge in [-0.1, -0.05) is 48.5 Å². The van der Waals surface area contributed by atoms with Gasteiger partial charge in [0.05, 0.1) is 19.8 Å². The second kappa shape index (κ2) is 7.98. The number of ether oxygens (including phenoxy) is 2. The second-order valence-corrected chi connectivity index (χ2v) is 7.78. The summed E-state index contributed by atoms with van der Waals surface area (Å²) in [5, 5.41) is 10.2. The molecule has 0 bridgehead atoms. The number of anilines is 1. The third-order valence-electron chi connectivity index (χ3n) is 5.87. The van der Waals surface area contributed by atoms with Gasteiger partial charge in [0.1, 0.15) is 6.04 Å². The van der Waals surface area contributed by atoms with Gasteiger partial charge in [-0.15, -0.1) is 5.10 Å². The third-order valence-corrected chi connectivity index (χ3v) is 5.87. The van der Waals surface area contributed by atoms with Gasteiger partial charge in [0.15, 0.2) is 17.3 Å². The van der Waals surface area contributed by atoms with E-state index in [0.717, 1.165) is 21.9 Å². The summed E-state index contributed by atoms with van der Waals surface area (Å²) >= 11 is 0. The first-order valence-electron chi connectivity index (χ1n) is 10.5. The number of carbonyl (C=O) groups is 1. The molecule has 3 N–H and O–H groups in total. The first kappa shape index (κ1) is 20.6. The molecule has 1 aliphatic rings. The van der Waals surface area contributed by atoms with Crippen LogP contribution in [0.25, 0.3) is 22.2 Å². The highest BCUT2D eigenvalue weighted by atomic mass is 16.5. The first-order valence-corrected chi connectivity index (χ1v) is 10.5.